The molecule has 0 radical (unpaired) electrons. The molecule has 5 nitrogen and oxygen atoms in total. The van der Waals surface area contributed by atoms with Crippen LogP contribution in [-0.2, 0) is 30.7 Å². The number of nitrogens with zero attached hydrogens (tertiary/aromatic N) is 2. The van der Waals surface area contributed by atoms with Crippen molar-refractivity contribution in [1.29, 1.82) is 0 Å². The molecule has 0 unspecified atom stereocenters. The number of amides is 1. The number of hydrogen-bond donors (Lipinski definition) is 1. The molecule has 3 aromatic heterocycles. The lowest BCUT2D eigenvalue weighted by atomic mass is 10.1. The highest BCUT2D eigenvalue weighted by molar-refractivity contribution is 7.99. The van der Waals surface area contributed by atoms with Crippen LogP contribution in [0.2, 0.25) is 0 Å². The standard InChI is InChI=1S/C21H23N3O2S3/c1-2-10-24-20(26)18-15-8-4-3-5-9-16(15)29-19(18)23-21(24)28-13-17(25)22-12-14-7-6-11-27-14/h2,6-7,11H,1,3-5,8-10,12-13H2,(H,22,25). The number of rotatable bonds is 7. The van der Waals surface area contributed by atoms with E-state index in [4.69, 9.17) is 4.98 Å². The average Bonchev–Trinajstić information content (AvgIpc) is 3.29. The molecule has 0 aliphatic heterocycles. The number of fused-ring (bicyclic) bond motifs is 3. The Morgan fingerprint density at radius 3 is 3.00 bits per heavy atom. The quantitative estimate of drug-likeness (QED) is 0.254. The maximum atomic E-state index is 13.3. The summed E-state index contributed by atoms with van der Waals surface area (Å²) in [5, 5.41) is 6.28. The van der Waals surface area contributed by atoms with Crippen molar-refractivity contribution < 1.29 is 4.79 Å². The molecule has 1 aliphatic carbocycles. The van der Waals surface area contributed by atoms with E-state index in [-0.39, 0.29) is 17.2 Å². The molecule has 8 heteroatoms. The minimum absolute atomic E-state index is 0.00389. The Morgan fingerprint density at radius 2 is 2.21 bits per heavy atom. The second-order valence-corrected chi connectivity index (χ2v) is 10.0. The van der Waals surface area contributed by atoms with Crippen LogP contribution in [0.3, 0.4) is 0 Å². The summed E-state index contributed by atoms with van der Waals surface area (Å²) in [6, 6.07) is 3.97. The Balaban J connectivity index is 1.58. The maximum Gasteiger partial charge on any atom is 0.263 e. The van der Waals surface area contributed by atoms with Gasteiger partial charge in [0.1, 0.15) is 4.83 Å². The molecule has 1 N–H and O–H groups in total. The normalized spacial score (nSPS) is 13.8. The number of thioether (sulfide) groups is 1. The SMILES string of the molecule is C=CCn1c(SCC(=O)NCc2cccs2)nc2sc3c(c2c1=O)CCCCC3. The van der Waals surface area contributed by atoms with Crippen molar-refractivity contribution in [2.45, 2.75) is 50.4 Å². The van der Waals surface area contributed by atoms with Crippen molar-refractivity contribution in [1.82, 2.24) is 14.9 Å². The van der Waals surface area contributed by atoms with Gasteiger partial charge in [-0.1, -0.05) is 30.3 Å². The molecule has 152 valence electrons. The predicted octanol–water partition coefficient (Wildman–Crippen LogP) is 4.38. The van der Waals surface area contributed by atoms with Crippen LogP contribution in [-0.4, -0.2) is 21.2 Å². The highest BCUT2D eigenvalue weighted by Crippen LogP contribution is 2.34. The summed E-state index contributed by atoms with van der Waals surface area (Å²) >= 11 is 4.58. The van der Waals surface area contributed by atoms with Gasteiger partial charge in [-0.05, 0) is 42.7 Å². The lowest BCUT2D eigenvalue weighted by Crippen LogP contribution is -2.26. The van der Waals surface area contributed by atoms with Crippen molar-refractivity contribution in [3.05, 3.63) is 55.8 Å². The third kappa shape index (κ3) is 4.49. The molecule has 0 saturated carbocycles. The van der Waals surface area contributed by atoms with E-state index in [0.717, 1.165) is 34.4 Å². The van der Waals surface area contributed by atoms with Crippen molar-refractivity contribution in [3.8, 4) is 0 Å². The fourth-order valence-electron chi connectivity index (χ4n) is 3.58. The monoisotopic (exact) mass is 445 g/mol. The van der Waals surface area contributed by atoms with E-state index in [0.29, 0.717) is 18.2 Å². The minimum Gasteiger partial charge on any atom is -0.350 e. The Hall–Kier alpha value is -1.90. The van der Waals surface area contributed by atoms with Crippen molar-refractivity contribution in [2.75, 3.05) is 5.75 Å². The Labute approximate surface area is 181 Å². The number of carbonyl (C=O) groups excluding carboxylic acids is 1. The summed E-state index contributed by atoms with van der Waals surface area (Å²) in [4.78, 5) is 33.6. The summed E-state index contributed by atoms with van der Waals surface area (Å²) in [6.45, 7) is 4.71. The number of aromatic nitrogens is 2. The van der Waals surface area contributed by atoms with Crippen LogP contribution in [0.5, 0.6) is 0 Å². The third-order valence-electron chi connectivity index (χ3n) is 4.97. The van der Waals surface area contributed by atoms with Crippen LogP contribution >= 0.6 is 34.4 Å². The number of aryl methyl sites for hydroxylation is 2. The van der Waals surface area contributed by atoms with E-state index < -0.39 is 0 Å². The molecule has 1 amide bonds. The number of allylic oxidation sites excluding steroid dienone is 1. The molecular weight excluding hydrogens is 422 g/mol. The highest BCUT2D eigenvalue weighted by atomic mass is 32.2. The fourth-order valence-corrected chi connectivity index (χ4v) is 6.36. The van der Waals surface area contributed by atoms with E-state index in [1.807, 2.05) is 17.5 Å². The van der Waals surface area contributed by atoms with E-state index in [2.05, 4.69) is 11.9 Å². The van der Waals surface area contributed by atoms with Gasteiger partial charge in [0.2, 0.25) is 5.91 Å². The predicted molar refractivity (Wildman–Crippen MR) is 122 cm³/mol. The first-order valence-electron chi connectivity index (χ1n) is 9.75. The van der Waals surface area contributed by atoms with Crippen molar-refractivity contribution in [3.63, 3.8) is 0 Å². The highest BCUT2D eigenvalue weighted by Gasteiger charge is 2.21. The molecular formula is C21H23N3O2S3. The number of thiophene rings is 2. The first-order valence-corrected chi connectivity index (χ1v) is 12.4. The zero-order chi connectivity index (χ0) is 20.2. The summed E-state index contributed by atoms with van der Waals surface area (Å²) in [5.74, 6) is 0.163. The number of carbonyl (C=O) groups is 1. The summed E-state index contributed by atoms with van der Waals surface area (Å²) in [5.41, 5.74) is 1.19. The molecule has 0 atom stereocenters. The molecule has 0 saturated heterocycles. The molecule has 0 bridgehead atoms. The van der Waals surface area contributed by atoms with Crippen molar-refractivity contribution >= 4 is 50.6 Å². The molecule has 0 spiro atoms. The van der Waals surface area contributed by atoms with Gasteiger partial charge in [0, 0.05) is 16.3 Å². The van der Waals surface area contributed by atoms with Gasteiger partial charge >= 0.3 is 0 Å². The second kappa shape index (κ2) is 9.28. The zero-order valence-corrected chi connectivity index (χ0v) is 18.6. The maximum absolute atomic E-state index is 13.3. The van der Waals surface area contributed by atoms with Gasteiger partial charge in [-0.2, -0.15) is 0 Å². The van der Waals surface area contributed by atoms with E-state index >= 15 is 0 Å². The Kier molecular flexibility index (Phi) is 6.52. The van der Waals surface area contributed by atoms with E-state index in [9.17, 15) is 9.59 Å². The number of nitrogens with one attached hydrogen (secondary N) is 1. The molecule has 1 aliphatic rings. The van der Waals surface area contributed by atoms with Gasteiger partial charge in [0.15, 0.2) is 5.16 Å². The lowest BCUT2D eigenvalue weighted by Gasteiger charge is -2.10. The van der Waals surface area contributed by atoms with Gasteiger partial charge in [-0.15, -0.1) is 29.3 Å². The van der Waals surface area contributed by atoms with Crippen molar-refractivity contribution in [2.24, 2.45) is 0 Å². The van der Waals surface area contributed by atoms with Gasteiger partial charge in [0.25, 0.3) is 5.56 Å². The molecule has 4 rings (SSSR count). The van der Waals surface area contributed by atoms with Gasteiger partial charge < -0.3 is 5.32 Å². The fraction of sp³-hybridized carbons (Fsp3) is 0.381. The van der Waals surface area contributed by atoms with Gasteiger partial charge in [-0.3, -0.25) is 14.2 Å². The molecule has 0 aromatic carbocycles. The number of hydrogen-bond acceptors (Lipinski definition) is 6. The summed E-state index contributed by atoms with van der Waals surface area (Å²) in [7, 11) is 0. The average molecular weight is 446 g/mol. The Bertz CT molecular complexity index is 1080. The minimum atomic E-state index is -0.0649. The van der Waals surface area contributed by atoms with E-state index in [1.165, 1.54) is 35.0 Å². The lowest BCUT2D eigenvalue weighted by molar-refractivity contribution is -0.118. The van der Waals surface area contributed by atoms with Crippen LogP contribution < -0.4 is 10.9 Å². The van der Waals surface area contributed by atoms with Gasteiger partial charge in [0.05, 0.1) is 17.7 Å². The topological polar surface area (TPSA) is 64.0 Å². The summed E-state index contributed by atoms with van der Waals surface area (Å²) in [6.07, 6.45) is 7.21. The zero-order valence-electron chi connectivity index (χ0n) is 16.1. The Morgan fingerprint density at radius 1 is 1.34 bits per heavy atom. The largest absolute Gasteiger partial charge is 0.350 e. The smallest absolute Gasteiger partial charge is 0.263 e. The van der Waals surface area contributed by atoms with Crippen LogP contribution in [0.1, 0.15) is 34.6 Å². The molecule has 3 aromatic rings. The van der Waals surface area contributed by atoms with Crippen LogP contribution in [0.4, 0.5) is 0 Å². The van der Waals surface area contributed by atoms with Gasteiger partial charge in [-0.25, -0.2) is 4.98 Å². The van der Waals surface area contributed by atoms with E-state index in [1.54, 1.807) is 33.3 Å². The second-order valence-electron chi connectivity index (χ2n) is 6.99. The molecule has 0 fully saturated rings. The van der Waals surface area contributed by atoms with Crippen LogP contribution in [0.25, 0.3) is 10.2 Å². The van der Waals surface area contributed by atoms with Crippen LogP contribution in [0.15, 0.2) is 40.1 Å². The summed E-state index contributed by atoms with van der Waals surface area (Å²) < 4.78 is 1.66. The first-order chi connectivity index (χ1) is 14.2. The van der Waals surface area contributed by atoms with Crippen LogP contribution in [0, 0.1) is 0 Å². The first kappa shape index (κ1) is 20.4. The molecule has 3 heterocycles. The third-order valence-corrected chi connectivity index (χ3v) is 8.01. The molecule has 29 heavy (non-hydrogen) atoms.